The largest absolute Gasteiger partial charge is 0.468 e. The summed E-state index contributed by atoms with van der Waals surface area (Å²) in [5, 5.41) is 0.872. The van der Waals surface area contributed by atoms with Gasteiger partial charge in [-0.05, 0) is 24.7 Å². The van der Waals surface area contributed by atoms with Crippen LogP contribution >= 0.6 is 0 Å². The molecule has 0 aliphatic heterocycles. The Labute approximate surface area is 123 Å². The highest BCUT2D eigenvalue weighted by Crippen LogP contribution is 2.21. The highest BCUT2D eigenvalue weighted by molar-refractivity contribution is 6.08. The quantitative estimate of drug-likeness (QED) is 0.647. The summed E-state index contributed by atoms with van der Waals surface area (Å²) in [5.74, 6) is 0.926. The van der Waals surface area contributed by atoms with Crippen LogP contribution in [-0.2, 0) is 6.54 Å². The second-order valence-corrected chi connectivity index (χ2v) is 4.95. The molecule has 0 radical (unpaired) electrons. The first kappa shape index (κ1) is 13.6. The van der Waals surface area contributed by atoms with E-state index in [0.717, 1.165) is 23.3 Å². The van der Waals surface area contributed by atoms with Gasteiger partial charge in [0, 0.05) is 5.39 Å². The predicted octanol–water partition coefficient (Wildman–Crippen LogP) is 3.73. The molecule has 0 aliphatic carbocycles. The molecule has 0 saturated carbocycles. The topological polar surface area (TPSA) is 46.6 Å². The van der Waals surface area contributed by atoms with Crippen LogP contribution in [0, 0.1) is 0 Å². The molecule has 2 aromatic heterocycles. The second kappa shape index (κ2) is 5.97. The molecule has 0 bridgehead atoms. The molecule has 0 aliphatic rings. The number of likely N-dealkylation sites (N-methyl/N-ethyl adjacent to an activating group) is 1. The zero-order valence-electron chi connectivity index (χ0n) is 11.9. The molecule has 0 unspecified atom stereocenters. The molecule has 108 valence electrons. The number of carbonyl (C=O) groups is 1. The number of benzene rings is 1. The molecule has 0 fully saturated rings. The standard InChI is InChI=1S/C17H17NO3/c1-2-18(10-13-6-5-9-20-13)11-16(19)15-12-21-17-8-4-3-7-14(15)17/h3-9,12H,2,10-11H2,1H3. The van der Waals surface area contributed by atoms with Crippen LogP contribution in [0.15, 0.2) is 57.8 Å². The molecule has 4 nitrogen and oxygen atoms in total. The number of fused-ring (bicyclic) bond motifs is 1. The Morgan fingerprint density at radius 3 is 2.76 bits per heavy atom. The van der Waals surface area contributed by atoms with Gasteiger partial charge in [-0.15, -0.1) is 0 Å². The van der Waals surface area contributed by atoms with Crippen molar-refractivity contribution in [1.82, 2.24) is 4.90 Å². The maximum absolute atomic E-state index is 12.5. The third-order valence-corrected chi connectivity index (χ3v) is 3.56. The van der Waals surface area contributed by atoms with Crippen LogP contribution in [-0.4, -0.2) is 23.8 Å². The van der Waals surface area contributed by atoms with Gasteiger partial charge in [0.1, 0.15) is 17.6 Å². The zero-order chi connectivity index (χ0) is 14.7. The second-order valence-electron chi connectivity index (χ2n) is 4.95. The predicted molar refractivity (Wildman–Crippen MR) is 80.2 cm³/mol. The van der Waals surface area contributed by atoms with Gasteiger partial charge in [0.15, 0.2) is 5.78 Å². The summed E-state index contributed by atoms with van der Waals surface area (Å²) >= 11 is 0. The van der Waals surface area contributed by atoms with Crippen molar-refractivity contribution in [3.05, 3.63) is 60.2 Å². The molecule has 0 amide bonds. The molecule has 0 N–H and O–H groups in total. The highest BCUT2D eigenvalue weighted by Gasteiger charge is 2.17. The van der Waals surface area contributed by atoms with Gasteiger partial charge in [0.2, 0.25) is 0 Å². The van der Waals surface area contributed by atoms with Gasteiger partial charge in [-0.2, -0.15) is 0 Å². The van der Waals surface area contributed by atoms with E-state index in [1.165, 1.54) is 0 Å². The van der Waals surface area contributed by atoms with E-state index < -0.39 is 0 Å². The number of rotatable bonds is 6. The molecule has 0 saturated heterocycles. The first-order valence-corrected chi connectivity index (χ1v) is 7.02. The number of hydrogen-bond donors (Lipinski definition) is 0. The third kappa shape index (κ3) is 2.90. The molecule has 4 heteroatoms. The molecule has 3 rings (SSSR count). The Hall–Kier alpha value is -2.33. The number of ketones is 1. The Morgan fingerprint density at radius 1 is 1.14 bits per heavy atom. The van der Waals surface area contributed by atoms with Gasteiger partial charge in [-0.3, -0.25) is 9.69 Å². The number of para-hydroxylation sites is 1. The maximum atomic E-state index is 12.5. The van der Waals surface area contributed by atoms with Gasteiger partial charge >= 0.3 is 0 Å². The van der Waals surface area contributed by atoms with Crippen molar-refractivity contribution in [2.45, 2.75) is 13.5 Å². The van der Waals surface area contributed by atoms with Crippen molar-refractivity contribution in [2.75, 3.05) is 13.1 Å². The molecule has 2 heterocycles. The number of hydrogen-bond acceptors (Lipinski definition) is 4. The highest BCUT2D eigenvalue weighted by atomic mass is 16.3. The minimum atomic E-state index is 0.0633. The third-order valence-electron chi connectivity index (χ3n) is 3.56. The molecular weight excluding hydrogens is 266 g/mol. The first-order valence-electron chi connectivity index (χ1n) is 7.02. The van der Waals surface area contributed by atoms with Gasteiger partial charge in [0.05, 0.1) is 24.9 Å². The van der Waals surface area contributed by atoms with Crippen LogP contribution in [0.3, 0.4) is 0 Å². The van der Waals surface area contributed by atoms with E-state index in [1.807, 2.05) is 48.2 Å². The number of carbonyl (C=O) groups excluding carboxylic acids is 1. The van der Waals surface area contributed by atoms with Crippen LogP contribution in [0.5, 0.6) is 0 Å². The van der Waals surface area contributed by atoms with E-state index in [2.05, 4.69) is 0 Å². The monoisotopic (exact) mass is 283 g/mol. The fourth-order valence-electron chi connectivity index (χ4n) is 2.38. The van der Waals surface area contributed by atoms with Crippen LogP contribution in [0.2, 0.25) is 0 Å². The van der Waals surface area contributed by atoms with Crippen molar-refractivity contribution in [2.24, 2.45) is 0 Å². The van der Waals surface area contributed by atoms with E-state index >= 15 is 0 Å². The van der Waals surface area contributed by atoms with Crippen LogP contribution in [0.4, 0.5) is 0 Å². The average Bonchev–Trinajstić information content (AvgIpc) is 3.15. The van der Waals surface area contributed by atoms with Crippen molar-refractivity contribution >= 4 is 16.8 Å². The minimum Gasteiger partial charge on any atom is -0.468 e. The van der Waals surface area contributed by atoms with Crippen molar-refractivity contribution in [3.8, 4) is 0 Å². The summed E-state index contributed by atoms with van der Waals surface area (Å²) in [7, 11) is 0. The van der Waals surface area contributed by atoms with Crippen molar-refractivity contribution < 1.29 is 13.6 Å². The summed E-state index contributed by atoms with van der Waals surface area (Å²) in [4.78, 5) is 14.5. The summed E-state index contributed by atoms with van der Waals surface area (Å²) in [6, 6.07) is 11.4. The Balaban J connectivity index is 1.75. The summed E-state index contributed by atoms with van der Waals surface area (Å²) < 4.78 is 10.8. The molecule has 1 aromatic carbocycles. The van der Waals surface area contributed by atoms with E-state index in [4.69, 9.17) is 8.83 Å². The van der Waals surface area contributed by atoms with Gasteiger partial charge in [-0.25, -0.2) is 0 Å². The Bertz CT molecular complexity index is 727. The molecule has 0 atom stereocenters. The smallest absolute Gasteiger partial charge is 0.180 e. The van der Waals surface area contributed by atoms with Gasteiger partial charge in [0.25, 0.3) is 0 Å². The lowest BCUT2D eigenvalue weighted by molar-refractivity contribution is 0.0925. The minimum absolute atomic E-state index is 0.0633. The lowest BCUT2D eigenvalue weighted by Gasteiger charge is -2.17. The van der Waals surface area contributed by atoms with E-state index in [9.17, 15) is 4.79 Å². The average molecular weight is 283 g/mol. The fourth-order valence-corrected chi connectivity index (χ4v) is 2.38. The summed E-state index contributed by atoms with van der Waals surface area (Å²) in [6.45, 7) is 3.79. The molecule has 3 aromatic rings. The Kier molecular flexibility index (Phi) is 3.88. The van der Waals surface area contributed by atoms with E-state index in [-0.39, 0.29) is 5.78 Å². The first-order chi connectivity index (χ1) is 10.3. The van der Waals surface area contributed by atoms with Crippen molar-refractivity contribution in [1.29, 1.82) is 0 Å². The fraction of sp³-hybridized carbons (Fsp3) is 0.235. The lowest BCUT2D eigenvalue weighted by Crippen LogP contribution is -2.29. The summed E-state index contributed by atoms with van der Waals surface area (Å²) in [5.41, 5.74) is 1.39. The van der Waals surface area contributed by atoms with Crippen LogP contribution in [0.1, 0.15) is 23.0 Å². The molecular formula is C17H17NO3. The van der Waals surface area contributed by atoms with Crippen molar-refractivity contribution in [3.63, 3.8) is 0 Å². The van der Waals surface area contributed by atoms with E-state index in [0.29, 0.717) is 18.7 Å². The number of furan rings is 2. The van der Waals surface area contributed by atoms with E-state index in [1.54, 1.807) is 12.5 Å². The van der Waals surface area contributed by atoms with Gasteiger partial charge < -0.3 is 8.83 Å². The molecule has 0 spiro atoms. The SMILES string of the molecule is CCN(CC(=O)c1coc2ccccc12)Cc1ccco1. The lowest BCUT2D eigenvalue weighted by atomic mass is 10.1. The number of Topliss-reactive ketones (excluding diaryl/α,β-unsaturated/α-hetero) is 1. The molecule has 21 heavy (non-hydrogen) atoms. The Morgan fingerprint density at radius 2 is 2.00 bits per heavy atom. The van der Waals surface area contributed by atoms with Crippen LogP contribution in [0.25, 0.3) is 11.0 Å². The van der Waals surface area contributed by atoms with Gasteiger partial charge in [-0.1, -0.05) is 25.1 Å². The normalized spacial score (nSPS) is 11.3. The zero-order valence-corrected chi connectivity index (χ0v) is 11.9. The maximum Gasteiger partial charge on any atom is 0.180 e. The van der Waals surface area contributed by atoms with Crippen LogP contribution < -0.4 is 0 Å². The number of nitrogens with zero attached hydrogens (tertiary/aromatic N) is 1. The summed E-state index contributed by atoms with van der Waals surface area (Å²) in [6.07, 6.45) is 3.20.